The predicted molar refractivity (Wildman–Crippen MR) is 55.6 cm³/mol. The summed E-state index contributed by atoms with van der Waals surface area (Å²) < 4.78 is 36.6. The van der Waals surface area contributed by atoms with E-state index in [4.69, 9.17) is 5.73 Å². The number of nitrogens with zero attached hydrogens (tertiary/aromatic N) is 1. The number of rotatable bonds is 5. The van der Waals surface area contributed by atoms with Gasteiger partial charge in [-0.3, -0.25) is 4.90 Å². The maximum Gasteiger partial charge on any atom is 0.401 e. The van der Waals surface area contributed by atoms with Crippen LogP contribution in [0, 0.1) is 5.41 Å². The van der Waals surface area contributed by atoms with Crippen LogP contribution in [0.2, 0.25) is 0 Å². The zero-order valence-corrected chi connectivity index (χ0v) is 9.86. The van der Waals surface area contributed by atoms with Crippen LogP contribution >= 0.6 is 0 Å². The van der Waals surface area contributed by atoms with E-state index in [-0.39, 0.29) is 11.5 Å². The topological polar surface area (TPSA) is 29.3 Å². The number of hydrogen-bond donors (Lipinski definition) is 1. The summed E-state index contributed by atoms with van der Waals surface area (Å²) in [6, 6.07) is -0.125. The molecule has 5 heteroatoms. The van der Waals surface area contributed by atoms with Gasteiger partial charge >= 0.3 is 6.18 Å². The molecule has 0 amide bonds. The molecule has 15 heavy (non-hydrogen) atoms. The molecule has 0 saturated carbocycles. The molecule has 0 aliphatic heterocycles. The average molecular weight is 226 g/mol. The third kappa shape index (κ3) is 5.99. The molecule has 1 atom stereocenters. The molecular weight excluding hydrogens is 205 g/mol. The summed E-state index contributed by atoms with van der Waals surface area (Å²) in [5.74, 6) is 0. The lowest BCUT2D eigenvalue weighted by molar-refractivity contribution is -0.148. The van der Waals surface area contributed by atoms with Gasteiger partial charge in [0.1, 0.15) is 0 Å². The molecule has 2 nitrogen and oxygen atoms in total. The quantitative estimate of drug-likeness (QED) is 0.779. The standard InChI is InChI=1S/C10H21F3N2/c1-5-15(7-10(11,12)13)6-9(3,4)8(2)14/h8H,5-7,14H2,1-4H3. The maximum absolute atomic E-state index is 12.2. The molecule has 0 aromatic heterocycles. The van der Waals surface area contributed by atoms with Crippen LogP contribution in [0.4, 0.5) is 13.2 Å². The smallest absolute Gasteiger partial charge is 0.327 e. The van der Waals surface area contributed by atoms with Crippen molar-refractivity contribution in [3.05, 3.63) is 0 Å². The van der Waals surface area contributed by atoms with E-state index in [1.165, 1.54) is 4.90 Å². The Balaban J connectivity index is 4.34. The van der Waals surface area contributed by atoms with E-state index in [1.807, 2.05) is 20.8 Å². The van der Waals surface area contributed by atoms with Gasteiger partial charge in [-0.1, -0.05) is 20.8 Å². The van der Waals surface area contributed by atoms with Crippen molar-refractivity contribution in [2.24, 2.45) is 11.1 Å². The molecule has 0 aliphatic carbocycles. The van der Waals surface area contributed by atoms with Crippen molar-refractivity contribution in [2.45, 2.75) is 39.9 Å². The molecular formula is C10H21F3N2. The van der Waals surface area contributed by atoms with Gasteiger partial charge in [-0.15, -0.1) is 0 Å². The van der Waals surface area contributed by atoms with Crippen LogP contribution < -0.4 is 5.73 Å². The molecule has 0 saturated heterocycles. The Kier molecular flexibility index (Phi) is 5.06. The number of halogens is 3. The molecule has 92 valence electrons. The first-order valence-corrected chi connectivity index (χ1v) is 5.13. The lowest BCUT2D eigenvalue weighted by Crippen LogP contribution is -2.46. The molecule has 0 rings (SSSR count). The monoisotopic (exact) mass is 226 g/mol. The van der Waals surface area contributed by atoms with Gasteiger partial charge in [-0.2, -0.15) is 13.2 Å². The summed E-state index contributed by atoms with van der Waals surface area (Å²) >= 11 is 0. The summed E-state index contributed by atoms with van der Waals surface area (Å²) in [4.78, 5) is 1.38. The highest BCUT2D eigenvalue weighted by molar-refractivity contribution is 4.81. The molecule has 2 N–H and O–H groups in total. The van der Waals surface area contributed by atoms with Crippen molar-refractivity contribution in [3.8, 4) is 0 Å². The summed E-state index contributed by atoms with van der Waals surface area (Å²) in [7, 11) is 0. The van der Waals surface area contributed by atoms with Crippen LogP contribution in [-0.2, 0) is 0 Å². The van der Waals surface area contributed by atoms with Gasteiger partial charge in [-0.05, 0) is 18.9 Å². The van der Waals surface area contributed by atoms with Crippen LogP contribution in [0.1, 0.15) is 27.7 Å². The number of alkyl halides is 3. The minimum absolute atomic E-state index is 0.125. The largest absolute Gasteiger partial charge is 0.401 e. The Morgan fingerprint density at radius 3 is 1.93 bits per heavy atom. The lowest BCUT2D eigenvalue weighted by atomic mass is 9.85. The van der Waals surface area contributed by atoms with E-state index >= 15 is 0 Å². The van der Waals surface area contributed by atoms with E-state index in [0.717, 1.165) is 0 Å². The second-order valence-corrected chi connectivity index (χ2v) is 4.70. The number of hydrogen-bond acceptors (Lipinski definition) is 2. The first-order chi connectivity index (χ1) is 6.58. The van der Waals surface area contributed by atoms with Gasteiger partial charge in [0.15, 0.2) is 0 Å². The normalized spacial score (nSPS) is 15.8. The van der Waals surface area contributed by atoms with Crippen molar-refractivity contribution in [1.82, 2.24) is 4.90 Å². The first-order valence-electron chi connectivity index (χ1n) is 5.13. The Bertz CT molecular complexity index is 188. The molecule has 0 spiro atoms. The van der Waals surface area contributed by atoms with E-state index in [2.05, 4.69) is 0 Å². The predicted octanol–water partition coefficient (Wildman–Crippen LogP) is 2.24. The van der Waals surface area contributed by atoms with Gasteiger partial charge in [0, 0.05) is 12.6 Å². The van der Waals surface area contributed by atoms with Crippen LogP contribution in [0.3, 0.4) is 0 Å². The van der Waals surface area contributed by atoms with Gasteiger partial charge in [0.05, 0.1) is 6.54 Å². The van der Waals surface area contributed by atoms with E-state index in [0.29, 0.717) is 13.1 Å². The Hall–Kier alpha value is -0.290. The fourth-order valence-electron chi connectivity index (χ4n) is 1.25. The molecule has 0 aliphatic rings. The molecule has 0 aromatic rings. The summed E-state index contributed by atoms with van der Waals surface area (Å²) in [5.41, 5.74) is 5.42. The second kappa shape index (κ2) is 5.16. The van der Waals surface area contributed by atoms with Crippen LogP contribution in [0.15, 0.2) is 0 Å². The van der Waals surface area contributed by atoms with Crippen molar-refractivity contribution >= 4 is 0 Å². The zero-order valence-electron chi connectivity index (χ0n) is 9.86. The Morgan fingerprint density at radius 2 is 1.67 bits per heavy atom. The van der Waals surface area contributed by atoms with E-state index < -0.39 is 12.7 Å². The maximum atomic E-state index is 12.2. The molecule has 0 fully saturated rings. The molecule has 0 bridgehead atoms. The average Bonchev–Trinajstić information content (AvgIpc) is 1.99. The highest BCUT2D eigenvalue weighted by atomic mass is 19.4. The fourth-order valence-corrected chi connectivity index (χ4v) is 1.25. The highest BCUT2D eigenvalue weighted by Crippen LogP contribution is 2.23. The fraction of sp³-hybridized carbons (Fsp3) is 1.00. The molecule has 0 aromatic carbocycles. The summed E-state index contributed by atoms with van der Waals surface area (Å²) in [5, 5.41) is 0. The van der Waals surface area contributed by atoms with Crippen LogP contribution in [0.25, 0.3) is 0 Å². The SMILES string of the molecule is CCN(CC(F)(F)F)CC(C)(C)C(C)N. The van der Waals surface area contributed by atoms with Gasteiger partial charge < -0.3 is 5.73 Å². The third-order valence-corrected chi connectivity index (χ3v) is 2.71. The van der Waals surface area contributed by atoms with Gasteiger partial charge in [0.2, 0.25) is 0 Å². The molecule has 0 radical (unpaired) electrons. The highest BCUT2D eigenvalue weighted by Gasteiger charge is 2.33. The van der Waals surface area contributed by atoms with Gasteiger partial charge in [0.25, 0.3) is 0 Å². The van der Waals surface area contributed by atoms with Crippen molar-refractivity contribution in [1.29, 1.82) is 0 Å². The van der Waals surface area contributed by atoms with Crippen molar-refractivity contribution in [3.63, 3.8) is 0 Å². The van der Waals surface area contributed by atoms with Crippen molar-refractivity contribution < 1.29 is 13.2 Å². The molecule has 0 heterocycles. The first kappa shape index (κ1) is 14.7. The van der Waals surface area contributed by atoms with E-state index in [1.54, 1.807) is 6.92 Å². The van der Waals surface area contributed by atoms with Crippen LogP contribution in [-0.4, -0.2) is 36.8 Å². The third-order valence-electron chi connectivity index (χ3n) is 2.71. The van der Waals surface area contributed by atoms with E-state index in [9.17, 15) is 13.2 Å². The van der Waals surface area contributed by atoms with Gasteiger partial charge in [-0.25, -0.2) is 0 Å². The second-order valence-electron chi connectivity index (χ2n) is 4.70. The Morgan fingerprint density at radius 1 is 1.20 bits per heavy atom. The molecule has 1 unspecified atom stereocenters. The number of nitrogens with two attached hydrogens (primary N) is 1. The minimum Gasteiger partial charge on any atom is -0.327 e. The Labute approximate surface area is 89.6 Å². The van der Waals surface area contributed by atoms with Crippen LogP contribution in [0.5, 0.6) is 0 Å². The summed E-state index contributed by atoms with van der Waals surface area (Å²) in [6.07, 6.45) is -4.13. The zero-order chi connectivity index (χ0) is 12.3. The summed E-state index contributed by atoms with van der Waals surface area (Å²) in [6.45, 7) is 7.20. The minimum atomic E-state index is -4.13. The van der Waals surface area contributed by atoms with Crippen molar-refractivity contribution in [2.75, 3.05) is 19.6 Å². The lowest BCUT2D eigenvalue weighted by Gasteiger charge is -2.35.